The first-order chi connectivity index (χ1) is 15.5. The summed E-state index contributed by atoms with van der Waals surface area (Å²) < 4.78 is 7.80. The van der Waals surface area contributed by atoms with Gasteiger partial charge in [0.1, 0.15) is 18.1 Å². The molecule has 1 amide bonds. The molecule has 0 aliphatic carbocycles. The summed E-state index contributed by atoms with van der Waals surface area (Å²) in [6.07, 6.45) is 3.91. The van der Waals surface area contributed by atoms with Crippen molar-refractivity contribution in [3.05, 3.63) is 47.4 Å². The number of piperidine rings is 1. The molecule has 0 bridgehead atoms. The van der Waals surface area contributed by atoms with E-state index in [2.05, 4.69) is 32.4 Å². The van der Waals surface area contributed by atoms with Crippen molar-refractivity contribution in [2.75, 3.05) is 31.6 Å². The molecule has 1 aliphatic heterocycles. The summed E-state index contributed by atoms with van der Waals surface area (Å²) >= 11 is 0. The standard InChI is InChI=1S/C24H32N6O2/c1-4-30-18(3)23(17(2)28-30)21-16-22(27-26-21)24(31)25-19-8-10-20(11-9-19)32-15-14-29-12-6-5-7-13-29/h8-11,16H,4-7,12-15H2,1-3H3,(H,25,31)(H,26,27). The molecule has 1 aromatic carbocycles. The minimum atomic E-state index is -0.235. The molecule has 1 saturated heterocycles. The van der Waals surface area contributed by atoms with E-state index in [1.165, 1.54) is 32.4 Å². The number of amides is 1. The number of aromatic amines is 1. The molecule has 0 saturated carbocycles. The lowest BCUT2D eigenvalue weighted by Gasteiger charge is -2.26. The molecule has 8 heteroatoms. The fourth-order valence-electron chi connectivity index (χ4n) is 4.25. The number of aromatic nitrogens is 4. The second-order valence-corrected chi connectivity index (χ2v) is 8.26. The molecule has 3 aromatic rings. The number of hydrogen-bond donors (Lipinski definition) is 2. The highest BCUT2D eigenvalue weighted by Crippen LogP contribution is 2.26. The number of nitrogens with zero attached hydrogens (tertiary/aromatic N) is 4. The second-order valence-electron chi connectivity index (χ2n) is 8.26. The van der Waals surface area contributed by atoms with Gasteiger partial charge in [0.05, 0.1) is 11.4 Å². The van der Waals surface area contributed by atoms with E-state index in [0.29, 0.717) is 18.0 Å². The third-order valence-corrected chi connectivity index (χ3v) is 6.00. The Kier molecular flexibility index (Phi) is 6.90. The largest absolute Gasteiger partial charge is 0.492 e. The molecular formula is C24H32N6O2. The lowest BCUT2D eigenvalue weighted by atomic mass is 10.1. The molecule has 4 rings (SSSR count). The molecule has 0 atom stereocenters. The van der Waals surface area contributed by atoms with Crippen molar-refractivity contribution in [1.82, 2.24) is 24.9 Å². The van der Waals surface area contributed by atoms with Crippen LogP contribution in [0.2, 0.25) is 0 Å². The van der Waals surface area contributed by atoms with Crippen molar-refractivity contribution in [3.63, 3.8) is 0 Å². The zero-order valence-electron chi connectivity index (χ0n) is 19.1. The van der Waals surface area contributed by atoms with Gasteiger partial charge in [-0.1, -0.05) is 6.42 Å². The number of ether oxygens (including phenoxy) is 1. The van der Waals surface area contributed by atoms with Crippen LogP contribution in [-0.2, 0) is 6.54 Å². The van der Waals surface area contributed by atoms with Gasteiger partial charge in [-0.15, -0.1) is 0 Å². The number of carbonyl (C=O) groups is 1. The maximum Gasteiger partial charge on any atom is 0.273 e. The number of hydrogen-bond acceptors (Lipinski definition) is 5. The van der Waals surface area contributed by atoms with E-state index in [9.17, 15) is 4.79 Å². The second kappa shape index (κ2) is 9.99. The SMILES string of the molecule is CCn1nc(C)c(-c2cc(C(=O)Nc3ccc(OCCN4CCCCC4)cc3)[nH]n2)c1C. The highest BCUT2D eigenvalue weighted by Gasteiger charge is 2.18. The van der Waals surface area contributed by atoms with E-state index in [4.69, 9.17) is 4.74 Å². The van der Waals surface area contributed by atoms with Crippen LogP contribution in [0.15, 0.2) is 30.3 Å². The number of likely N-dealkylation sites (tertiary alicyclic amines) is 1. The first kappa shape index (κ1) is 22.1. The minimum absolute atomic E-state index is 0.235. The molecule has 8 nitrogen and oxygen atoms in total. The summed E-state index contributed by atoms with van der Waals surface area (Å²) in [7, 11) is 0. The molecule has 170 valence electrons. The molecule has 2 aromatic heterocycles. The Labute approximate surface area is 189 Å². The predicted octanol–water partition coefficient (Wildman–Crippen LogP) is 4.03. The fraction of sp³-hybridized carbons (Fsp3) is 0.458. The van der Waals surface area contributed by atoms with Gasteiger partial charge in [0.15, 0.2) is 0 Å². The number of carbonyl (C=O) groups excluding carboxylic acids is 1. The molecule has 1 fully saturated rings. The van der Waals surface area contributed by atoms with Crippen molar-refractivity contribution in [2.24, 2.45) is 0 Å². The van der Waals surface area contributed by atoms with Crippen LogP contribution >= 0.6 is 0 Å². The summed E-state index contributed by atoms with van der Waals surface area (Å²) in [5.74, 6) is 0.573. The number of rotatable bonds is 8. The van der Waals surface area contributed by atoms with Gasteiger partial charge in [0, 0.05) is 30.0 Å². The maximum atomic E-state index is 12.7. The summed E-state index contributed by atoms with van der Waals surface area (Å²) in [5, 5.41) is 14.6. The molecule has 1 aliphatic rings. The Balaban J connectivity index is 1.33. The number of anilines is 1. The Morgan fingerprint density at radius 2 is 1.91 bits per heavy atom. The smallest absolute Gasteiger partial charge is 0.273 e. The van der Waals surface area contributed by atoms with Gasteiger partial charge in [-0.3, -0.25) is 19.5 Å². The van der Waals surface area contributed by atoms with Crippen molar-refractivity contribution in [2.45, 2.75) is 46.6 Å². The summed E-state index contributed by atoms with van der Waals surface area (Å²) in [6, 6.07) is 9.24. The van der Waals surface area contributed by atoms with Gasteiger partial charge < -0.3 is 10.1 Å². The van der Waals surface area contributed by atoms with E-state index >= 15 is 0 Å². The highest BCUT2D eigenvalue weighted by atomic mass is 16.5. The van der Waals surface area contributed by atoms with Gasteiger partial charge in [0.2, 0.25) is 0 Å². The van der Waals surface area contributed by atoms with E-state index in [-0.39, 0.29) is 5.91 Å². The quantitative estimate of drug-likeness (QED) is 0.557. The average Bonchev–Trinajstić information content (AvgIpc) is 3.39. The molecule has 0 spiro atoms. The topological polar surface area (TPSA) is 88.1 Å². The Hall–Kier alpha value is -3.13. The van der Waals surface area contributed by atoms with Gasteiger partial charge in [-0.25, -0.2) is 0 Å². The monoisotopic (exact) mass is 436 g/mol. The Morgan fingerprint density at radius 3 is 2.59 bits per heavy atom. The van der Waals surface area contributed by atoms with Crippen LogP contribution in [0.25, 0.3) is 11.3 Å². The van der Waals surface area contributed by atoms with Gasteiger partial charge in [0.25, 0.3) is 5.91 Å². The van der Waals surface area contributed by atoms with E-state index in [1.54, 1.807) is 6.07 Å². The van der Waals surface area contributed by atoms with E-state index in [1.807, 2.05) is 42.8 Å². The highest BCUT2D eigenvalue weighted by molar-refractivity contribution is 6.03. The summed E-state index contributed by atoms with van der Waals surface area (Å²) in [6.45, 7) is 10.8. The first-order valence-corrected chi connectivity index (χ1v) is 11.4. The Bertz CT molecular complexity index is 1050. The van der Waals surface area contributed by atoms with Crippen LogP contribution in [0.4, 0.5) is 5.69 Å². The summed E-state index contributed by atoms with van der Waals surface area (Å²) in [4.78, 5) is 15.1. The molecule has 0 unspecified atom stereocenters. The van der Waals surface area contributed by atoms with Crippen LogP contribution in [0.5, 0.6) is 5.75 Å². The number of H-pyrrole nitrogens is 1. The predicted molar refractivity (Wildman–Crippen MR) is 125 cm³/mol. The third-order valence-electron chi connectivity index (χ3n) is 6.00. The van der Waals surface area contributed by atoms with Gasteiger partial charge in [-0.2, -0.15) is 10.2 Å². The molecule has 2 N–H and O–H groups in total. The van der Waals surface area contributed by atoms with Gasteiger partial charge in [-0.05, 0) is 77.0 Å². The van der Waals surface area contributed by atoms with E-state index in [0.717, 1.165) is 41.5 Å². The Morgan fingerprint density at radius 1 is 1.16 bits per heavy atom. The van der Waals surface area contributed by atoms with Crippen LogP contribution < -0.4 is 10.1 Å². The van der Waals surface area contributed by atoms with Crippen molar-refractivity contribution in [1.29, 1.82) is 0 Å². The van der Waals surface area contributed by atoms with Crippen LogP contribution in [-0.4, -0.2) is 57.0 Å². The van der Waals surface area contributed by atoms with Crippen molar-refractivity contribution >= 4 is 11.6 Å². The molecular weight excluding hydrogens is 404 g/mol. The lowest BCUT2D eigenvalue weighted by molar-refractivity contribution is 0.102. The molecule has 32 heavy (non-hydrogen) atoms. The summed E-state index contributed by atoms with van der Waals surface area (Å²) in [5.41, 5.74) is 4.75. The zero-order valence-corrected chi connectivity index (χ0v) is 19.1. The number of aryl methyl sites for hydroxylation is 2. The number of nitrogens with one attached hydrogen (secondary N) is 2. The number of benzene rings is 1. The molecule has 0 radical (unpaired) electrons. The molecule has 3 heterocycles. The first-order valence-electron chi connectivity index (χ1n) is 11.4. The fourth-order valence-corrected chi connectivity index (χ4v) is 4.25. The normalized spacial score (nSPS) is 14.5. The van der Waals surface area contributed by atoms with Crippen LogP contribution in [0, 0.1) is 13.8 Å². The van der Waals surface area contributed by atoms with E-state index < -0.39 is 0 Å². The van der Waals surface area contributed by atoms with Crippen LogP contribution in [0.3, 0.4) is 0 Å². The zero-order chi connectivity index (χ0) is 22.5. The lowest BCUT2D eigenvalue weighted by Crippen LogP contribution is -2.33. The average molecular weight is 437 g/mol. The maximum absolute atomic E-state index is 12.7. The minimum Gasteiger partial charge on any atom is -0.492 e. The van der Waals surface area contributed by atoms with Gasteiger partial charge >= 0.3 is 0 Å². The van der Waals surface area contributed by atoms with Crippen molar-refractivity contribution in [3.8, 4) is 17.0 Å². The van der Waals surface area contributed by atoms with Crippen LogP contribution in [0.1, 0.15) is 48.1 Å². The third kappa shape index (κ3) is 5.02. The van der Waals surface area contributed by atoms with Crippen molar-refractivity contribution < 1.29 is 9.53 Å².